The number of thioether (sulfide) groups is 1. The summed E-state index contributed by atoms with van der Waals surface area (Å²) in [6, 6.07) is 7.36. The smallest absolute Gasteiger partial charge is 0.267 e. The Morgan fingerprint density at radius 1 is 1.15 bits per heavy atom. The Kier molecular flexibility index (Phi) is 6.42. The van der Waals surface area contributed by atoms with E-state index in [2.05, 4.69) is 5.32 Å². The number of anilines is 1. The molecule has 10 heteroatoms. The number of thiophene rings is 2. The van der Waals surface area contributed by atoms with Crippen molar-refractivity contribution in [3.63, 3.8) is 0 Å². The second-order valence-corrected chi connectivity index (χ2v) is 10.6. The predicted molar refractivity (Wildman–Crippen MR) is 136 cm³/mol. The second kappa shape index (κ2) is 9.12. The highest BCUT2D eigenvalue weighted by Gasteiger charge is 2.20. The van der Waals surface area contributed by atoms with Gasteiger partial charge in [-0.2, -0.15) is 0 Å². The average Bonchev–Trinajstić information content (AvgIpc) is 3.33. The van der Waals surface area contributed by atoms with Crippen molar-refractivity contribution in [3.8, 4) is 5.69 Å². The van der Waals surface area contributed by atoms with Crippen LogP contribution in [0.2, 0.25) is 0 Å². The van der Waals surface area contributed by atoms with Crippen LogP contribution in [0.25, 0.3) is 15.9 Å². The van der Waals surface area contributed by atoms with E-state index in [0.717, 1.165) is 27.3 Å². The summed E-state index contributed by atoms with van der Waals surface area (Å²) in [6.45, 7) is 7.87. The monoisotopic (exact) mass is 498 g/mol. The normalized spacial score (nSPS) is 11.2. The molecular weight excluding hydrogens is 476 g/mol. The molecule has 0 spiro atoms. The van der Waals surface area contributed by atoms with Crippen molar-refractivity contribution >= 4 is 61.5 Å². The first-order valence-electron chi connectivity index (χ1n) is 10.1. The fourth-order valence-electron chi connectivity index (χ4n) is 3.46. The zero-order chi connectivity index (χ0) is 23.9. The van der Waals surface area contributed by atoms with Crippen molar-refractivity contribution in [2.24, 2.45) is 5.73 Å². The zero-order valence-corrected chi connectivity index (χ0v) is 21.0. The third kappa shape index (κ3) is 4.33. The molecule has 0 saturated heterocycles. The van der Waals surface area contributed by atoms with Crippen LogP contribution in [0.4, 0.5) is 5.00 Å². The van der Waals surface area contributed by atoms with Gasteiger partial charge in [-0.25, -0.2) is 4.98 Å². The van der Waals surface area contributed by atoms with Gasteiger partial charge in [0.15, 0.2) is 5.16 Å². The number of nitrogens with two attached hydrogens (primary N) is 1. The van der Waals surface area contributed by atoms with Crippen molar-refractivity contribution in [1.82, 2.24) is 9.55 Å². The van der Waals surface area contributed by atoms with Gasteiger partial charge in [0.2, 0.25) is 5.91 Å². The largest absolute Gasteiger partial charge is 0.366 e. The Balaban J connectivity index is 1.74. The molecule has 4 rings (SSSR count). The maximum atomic E-state index is 13.6. The highest BCUT2D eigenvalue weighted by molar-refractivity contribution is 7.99. The molecule has 0 bridgehead atoms. The summed E-state index contributed by atoms with van der Waals surface area (Å²) in [5, 5.41) is 5.89. The third-order valence-electron chi connectivity index (χ3n) is 5.51. The van der Waals surface area contributed by atoms with Gasteiger partial charge in [-0.1, -0.05) is 23.9 Å². The van der Waals surface area contributed by atoms with Gasteiger partial charge >= 0.3 is 0 Å². The molecule has 33 heavy (non-hydrogen) atoms. The standard InChI is InChI=1S/C23H22N4O3S3/c1-11-6-5-7-16(12(11)2)27-22(30)18-13(3)14(4)33-21(18)26-23(27)32-10-17(28)25-20-15(19(24)29)8-9-31-20/h5-9H,10H2,1-4H3,(H2,24,29)(H,25,28). The molecule has 2 amide bonds. The summed E-state index contributed by atoms with van der Waals surface area (Å²) in [5.74, 6) is -0.897. The molecule has 0 unspecified atom stereocenters. The summed E-state index contributed by atoms with van der Waals surface area (Å²) in [4.78, 5) is 44.3. The number of aryl methyl sites for hydroxylation is 3. The van der Waals surface area contributed by atoms with Crippen molar-refractivity contribution in [3.05, 3.63) is 67.1 Å². The van der Waals surface area contributed by atoms with Crippen LogP contribution in [-0.2, 0) is 4.79 Å². The summed E-state index contributed by atoms with van der Waals surface area (Å²) in [5.41, 5.74) is 9.19. The van der Waals surface area contributed by atoms with Crippen molar-refractivity contribution < 1.29 is 9.59 Å². The average molecular weight is 499 g/mol. The summed E-state index contributed by atoms with van der Waals surface area (Å²) < 4.78 is 1.60. The number of nitrogens with one attached hydrogen (secondary N) is 1. The van der Waals surface area contributed by atoms with Crippen molar-refractivity contribution in [2.45, 2.75) is 32.9 Å². The first-order chi connectivity index (χ1) is 15.7. The minimum absolute atomic E-state index is 0.0161. The molecule has 0 radical (unpaired) electrons. The van der Waals surface area contributed by atoms with Gasteiger partial charge in [0.05, 0.1) is 22.4 Å². The number of benzene rings is 1. The maximum absolute atomic E-state index is 13.6. The number of hydrogen-bond acceptors (Lipinski definition) is 7. The van der Waals surface area contributed by atoms with Crippen molar-refractivity contribution in [1.29, 1.82) is 0 Å². The fourth-order valence-corrected chi connectivity index (χ4v) is 6.14. The molecule has 0 fully saturated rings. The number of nitrogens with zero attached hydrogens (tertiary/aromatic N) is 2. The van der Waals surface area contributed by atoms with Crippen LogP contribution in [0, 0.1) is 27.7 Å². The lowest BCUT2D eigenvalue weighted by Gasteiger charge is -2.15. The molecule has 0 aliphatic heterocycles. The number of hydrogen-bond donors (Lipinski definition) is 2. The van der Waals surface area contributed by atoms with E-state index in [1.165, 1.54) is 34.4 Å². The maximum Gasteiger partial charge on any atom is 0.267 e. The van der Waals surface area contributed by atoms with Gasteiger partial charge < -0.3 is 11.1 Å². The van der Waals surface area contributed by atoms with Gasteiger partial charge in [0.1, 0.15) is 9.83 Å². The minimum Gasteiger partial charge on any atom is -0.366 e. The van der Waals surface area contributed by atoms with Crippen LogP contribution in [-0.4, -0.2) is 27.1 Å². The van der Waals surface area contributed by atoms with E-state index in [-0.39, 0.29) is 22.8 Å². The van der Waals surface area contributed by atoms with Crippen LogP contribution in [0.5, 0.6) is 0 Å². The van der Waals surface area contributed by atoms with Gasteiger partial charge in [0, 0.05) is 4.88 Å². The van der Waals surface area contributed by atoms with E-state index >= 15 is 0 Å². The third-order valence-corrected chi connectivity index (χ3v) is 8.37. The topological polar surface area (TPSA) is 107 Å². The number of carbonyl (C=O) groups excluding carboxylic acids is 2. The van der Waals surface area contributed by atoms with Gasteiger partial charge in [-0.05, 0) is 61.9 Å². The molecule has 0 atom stereocenters. The lowest BCUT2D eigenvalue weighted by molar-refractivity contribution is -0.113. The molecule has 4 aromatic rings. The molecular formula is C23H22N4O3S3. The molecule has 3 N–H and O–H groups in total. The first-order valence-corrected chi connectivity index (χ1v) is 12.8. The highest BCUT2D eigenvalue weighted by Crippen LogP contribution is 2.31. The lowest BCUT2D eigenvalue weighted by Crippen LogP contribution is -2.24. The van der Waals surface area contributed by atoms with Crippen molar-refractivity contribution in [2.75, 3.05) is 11.1 Å². The van der Waals surface area contributed by atoms with Crippen LogP contribution in [0.3, 0.4) is 0 Å². The van der Waals surface area contributed by atoms with Gasteiger partial charge in [-0.15, -0.1) is 22.7 Å². The zero-order valence-electron chi connectivity index (χ0n) is 18.5. The van der Waals surface area contributed by atoms with E-state index in [0.29, 0.717) is 20.4 Å². The molecule has 0 aliphatic carbocycles. The number of amides is 2. The summed E-state index contributed by atoms with van der Waals surface area (Å²) in [7, 11) is 0. The predicted octanol–water partition coefficient (Wildman–Crippen LogP) is 4.57. The highest BCUT2D eigenvalue weighted by atomic mass is 32.2. The Morgan fingerprint density at radius 3 is 2.64 bits per heavy atom. The molecule has 7 nitrogen and oxygen atoms in total. The van der Waals surface area contributed by atoms with E-state index in [9.17, 15) is 14.4 Å². The number of fused-ring (bicyclic) bond motifs is 1. The first kappa shape index (κ1) is 23.2. The van der Waals surface area contributed by atoms with E-state index in [1.54, 1.807) is 16.0 Å². The number of carbonyl (C=O) groups is 2. The van der Waals surface area contributed by atoms with Gasteiger partial charge in [0.25, 0.3) is 11.5 Å². The van der Waals surface area contributed by atoms with Crippen LogP contribution in [0.1, 0.15) is 31.9 Å². The number of primary amides is 1. The van der Waals surface area contributed by atoms with E-state index in [1.807, 2.05) is 45.9 Å². The molecule has 3 aromatic heterocycles. The van der Waals surface area contributed by atoms with Gasteiger partial charge in [-0.3, -0.25) is 19.0 Å². The van der Waals surface area contributed by atoms with E-state index < -0.39 is 5.91 Å². The van der Waals surface area contributed by atoms with Crippen LogP contribution < -0.4 is 16.6 Å². The summed E-state index contributed by atoms with van der Waals surface area (Å²) in [6.07, 6.45) is 0. The second-order valence-electron chi connectivity index (χ2n) is 7.58. The fraction of sp³-hybridized carbons (Fsp3) is 0.217. The number of aromatic nitrogens is 2. The Bertz CT molecular complexity index is 1470. The molecule has 0 saturated carbocycles. The molecule has 0 aliphatic rings. The van der Waals surface area contributed by atoms with E-state index in [4.69, 9.17) is 10.7 Å². The minimum atomic E-state index is -0.599. The summed E-state index contributed by atoms with van der Waals surface area (Å²) >= 11 is 3.88. The van der Waals surface area contributed by atoms with Crippen LogP contribution in [0.15, 0.2) is 39.6 Å². The number of rotatable bonds is 6. The van der Waals surface area contributed by atoms with Crippen LogP contribution >= 0.6 is 34.4 Å². The molecule has 3 heterocycles. The lowest BCUT2D eigenvalue weighted by atomic mass is 10.1. The SMILES string of the molecule is Cc1cccc(-n2c(SCC(=O)Nc3sccc3C(N)=O)nc3sc(C)c(C)c3c2=O)c1C. The Morgan fingerprint density at radius 2 is 1.91 bits per heavy atom. The Hall–Kier alpha value is -2.95. The molecule has 1 aromatic carbocycles. The quantitative estimate of drug-likeness (QED) is 0.299. The molecule has 170 valence electrons. The Labute approximate surface area is 202 Å².